The van der Waals surface area contributed by atoms with Gasteiger partial charge in [0.1, 0.15) is 22.7 Å². The second-order valence-electron chi connectivity index (χ2n) is 10.7. The zero-order chi connectivity index (χ0) is 29.4. The van der Waals surface area contributed by atoms with Gasteiger partial charge in [-0.2, -0.15) is 5.10 Å². The molecule has 10 nitrogen and oxygen atoms in total. The molecule has 0 fully saturated rings. The van der Waals surface area contributed by atoms with Crippen LogP contribution in [0.25, 0.3) is 56.0 Å². The maximum Gasteiger partial charge on any atom is 0.161 e. The Hall–Kier alpha value is -4.81. The zero-order valence-electron chi connectivity index (χ0n) is 23.7. The first kappa shape index (κ1) is 27.4. The number of hydrogen-bond acceptors (Lipinski definition) is 8. The number of hydrogen-bond donors (Lipinski definition) is 3. The third-order valence-electron chi connectivity index (χ3n) is 6.82. The molecule has 0 amide bonds. The van der Waals surface area contributed by atoms with Gasteiger partial charge in [0.15, 0.2) is 17.3 Å². The minimum atomic E-state index is -0.535. The van der Waals surface area contributed by atoms with E-state index in [1.807, 2.05) is 50.1 Å². The van der Waals surface area contributed by atoms with Gasteiger partial charge in [-0.15, -0.1) is 0 Å². The number of aromatic amines is 2. The molecule has 0 bridgehead atoms. The van der Waals surface area contributed by atoms with Gasteiger partial charge in [0, 0.05) is 55.0 Å². The van der Waals surface area contributed by atoms with Crippen LogP contribution in [0.1, 0.15) is 5.56 Å². The van der Waals surface area contributed by atoms with E-state index in [0.717, 1.165) is 12.1 Å². The van der Waals surface area contributed by atoms with E-state index in [1.54, 1.807) is 30.9 Å². The van der Waals surface area contributed by atoms with E-state index in [-0.39, 0.29) is 22.6 Å². The van der Waals surface area contributed by atoms with Gasteiger partial charge in [-0.05, 0) is 69.6 Å². The number of pyridine rings is 3. The summed E-state index contributed by atoms with van der Waals surface area (Å²) >= 11 is 0. The molecule has 0 aliphatic rings. The molecule has 42 heavy (non-hydrogen) atoms. The number of benzene rings is 1. The Balaban J connectivity index is 1.41. The Labute approximate surface area is 240 Å². The van der Waals surface area contributed by atoms with Crippen LogP contribution >= 0.6 is 0 Å². The van der Waals surface area contributed by atoms with Gasteiger partial charge in [-0.1, -0.05) is 0 Å². The van der Waals surface area contributed by atoms with Crippen molar-refractivity contribution in [1.29, 1.82) is 0 Å². The lowest BCUT2D eigenvalue weighted by molar-refractivity contribution is 0.402. The van der Waals surface area contributed by atoms with Crippen LogP contribution in [-0.2, 0) is 6.54 Å². The molecule has 6 rings (SSSR count). The van der Waals surface area contributed by atoms with Gasteiger partial charge in [-0.25, -0.2) is 18.7 Å². The van der Waals surface area contributed by atoms with Crippen LogP contribution in [0.2, 0.25) is 0 Å². The third-order valence-corrected chi connectivity index (χ3v) is 6.82. The van der Waals surface area contributed by atoms with Crippen LogP contribution in [0.15, 0.2) is 55.1 Å². The van der Waals surface area contributed by atoms with Crippen molar-refractivity contribution in [2.45, 2.75) is 6.54 Å². The molecule has 0 aliphatic heterocycles. The topological polar surface area (TPSA) is 115 Å². The highest BCUT2D eigenvalue weighted by atomic mass is 19.1. The molecule has 0 saturated heterocycles. The van der Waals surface area contributed by atoms with Gasteiger partial charge in [0.2, 0.25) is 0 Å². The van der Waals surface area contributed by atoms with Crippen molar-refractivity contribution in [1.82, 2.24) is 44.9 Å². The van der Waals surface area contributed by atoms with Crippen LogP contribution in [0, 0.1) is 11.6 Å². The highest BCUT2D eigenvalue weighted by Gasteiger charge is 2.22. The standard InChI is InChI=1S/C30H30F2N10/c1-41(2)8-7-34-21-11-18(10-20(31)12-21)22-5-6-35-29-27(22)37-30(38-29)28-24-23(39-40-28)15-36-26(25(24)32)19-9-17(13-33-14-19)16-42(3)4/h5-6,9-15,34H,7-8,16H2,1-4H3,(H,39,40)(H,35,37,38). The van der Waals surface area contributed by atoms with Gasteiger partial charge in [0.25, 0.3) is 0 Å². The van der Waals surface area contributed by atoms with E-state index in [2.05, 4.69) is 35.5 Å². The molecule has 0 aliphatic carbocycles. The molecule has 5 heterocycles. The van der Waals surface area contributed by atoms with E-state index in [9.17, 15) is 4.39 Å². The first-order valence-corrected chi connectivity index (χ1v) is 13.4. The number of aromatic nitrogens is 7. The smallest absolute Gasteiger partial charge is 0.161 e. The fourth-order valence-electron chi connectivity index (χ4n) is 4.94. The highest BCUT2D eigenvalue weighted by Crippen LogP contribution is 2.34. The van der Waals surface area contributed by atoms with Crippen molar-refractivity contribution in [3.63, 3.8) is 0 Å². The predicted molar refractivity (Wildman–Crippen MR) is 160 cm³/mol. The predicted octanol–water partition coefficient (Wildman–Crippen LogP) is 4.94. The summed E-state index contributed by atoms with van der Waals surface area (Å²) in [4.78, 5) is 25.1. The Morgan fingerprint density at radius 3 is 2.57 bits per heavy atom. The second kappa shape index (κ2) is 11.2. The molecule has 5 aromatic heterocycles. The van der Waals surface area contributed by atoms with Crippen molar-refractivity contribution < 1.29 is 8.78 Å². The number of rotatable bonds is 9. The van der Waals surface area contributed by atoms with Crippen LogP contribution in [0.3, 0.4) is 0 Å². The van der Waals surface area contributed by atoms with E-state index >= 15 is 4.39 Å². The number of likely N-dealkylation sites (N-methyl/N-ethyl adjacent to an activating group) is 1. The fraction of sp³-hybridized carbons (Fsp3) is 0.233. The first-order chi connectivity index (χ1) is 20.3. The number of H-pyrrole nitrogens is 2. The average Bonchev–Trinajstić information content (AvgIpc) is 3.57. The maximum atomic E-state index is 16.1. The lowest BCUT2D eigenvalue weighted by Crippen LogP contribution is -2.20. The van der Waals surface area contributed by atoms with Crippen molar-refractivity contribution in [3.8, 4) is 33.9 Å². The van der Waals surface area contributed by atoms with Crippen LogP contribution in [-0.4, -0.2) is 86.2 Å². The maximum absolute atomic E-state index is 16.1. The number of imidazole rings is 1. The van der Waals surface area contributed by atoms with Crippen molar-refractivity contribution >= 4 is 27.8 Å². The summed E-state index contributed by atoms with van der Waals surface area (Å²) < 4.78 is 30.7. The molecule has 1 aromatic carbocycles. The largest absolute Gasteiger partial charge is 0.384 e. The van der Waals surface area contributed by atoms with Gasteiger partial charge in [0.05, 0.1) is 17.1 Å². The summed E-state index contributed by atoms with van der Waals surface area (Å²) in [7, 11) is 7.88. The normalized spacial score (nSPS) is 11.8. The fourth-order valence-corrected chi connectivity index (χ4v) is 4.94. The Morgan fingerprint density at radius 2 is 1.76 bits per heavy atom. The Kier molecular flexibility index (Phi) is 7.31. The summed E-state index contributed by atoms with van der Waals surface area (Å²) in [5, 5.41) is 10.7. The SMILES string of the molecule is CN(C)CCNc1cc(F)cc(-c2ccnc3[nH]c(-c4n[nH]c5cnc(-c6cncc(CN(C)C)c6)c(F)c45)nc23)c1. The summed E-state index contributed by atoms with van der Waals surface area (Å²) in [6.45, 7) is 2.13. The molecule has 3 N–H and O–H groups in total. The van der Waals surface area contributed by atoms with Crippen molar-refractivity contribution in [2.75, 3.05) is 46.6 Å². The highest BCUT2D eigenvalue weighted by molar-refractivity contribution is 5.97. The van der Waals surface area contributed by atoms with Gasteiger partial charge in [-0.3, -0.25) is 15.1 Å². The minimum Gasteiger partial charge on any atom is -0.384 e. The number of halogens is 2. The Morgan fingerprint density at radius 1 is 0.905 bits per heavy atom. The molecule has 0 unspecified atom stereocenters. The lowest BCUT2D eigenvalue weighted by Gasteiger charge is -2.12. The van der Waals surface area contributed by atoms with Crippen molar-refractivity contribution in [2.24, 2.45) is 0 Å². The quantitative estimate of drug-likeness (QED) is 0.225. The Bertz CT molecular complexity index is 1890. The first-order valence-electron chi connectivity index (χ1n) is 13.4. The number of nitrogens with one attached hydrogen (secondary N) is 3. The van der Waals surface area contributed by atoms with Crippen LogP contribution in [0.5, 0.6) is 0 Å². The molecule has 12 heteroatoms. The molecule has 0 atom stereocenters. The summed E-state index contributed by atoms with van der Waals surface area (Å²) in [5.74, 6) is -0.579. The second-order valence-corrected chi connectivity index (χ2v) is 10.7. The zero-order valence-corrected chi connectivity index (χ0v) is 23.7. The summed E-state index contributed by atoms with van der Waals surface area (Å²) in [6, 6.07) is 8.46. The van der Waals surface area contributed by atoms with E-state index in [4.69, 9.17) is 4.98 Å². The monoisotopic (exact) mass is 568 g/mol. The molecule has 6 aromatic rings. The minimum absolute atomic E-state index is 0.169. The van der Waals surface area contributed by atoms with Crippen LogP contribution in [0.4, 0.5) is 14.5 Å². The molecule has 0 radical (unpaired) electrons. The lowest BCUT2D eigenvalue weighted by atomic mass is 10.0. The average molecular weight is 569 g/mol. The van der Waals surface area contributed by atoms with Gasteiger partial charge >= 0.3 is 0 Å². The van der Waals surface area contributed by atoms with Crippen molar-refractivity contribution in [3.05, 3.63) is 72.3 Å². The van der Waals surface area contributed by atoms with E-state index in [0.29, 0.717) is 58.0 Å². The molecule has 214 valence electrons. The number of fused-ring (bicyclic) bond motifs is 2. The van der Waals surface area contributed by atoms with E-state index in [1.165, 1.54) is 12.1 Å². The summed E-state index contributed by atoms with van der Waals surface area (Å²) in [6.07, 6.45) is 6.52. The molecular formula is C30H30F2N10. The number of anilines is 1. The molecule has 0 spiro atoms. The van der Waals surface area contributed by atoms with Crippen LogP contribution < -0.4 is 5.32 Å². The van der Waals surface area contributed by atoms with Gasteiger partial charge < -0.3 is 20.1 Å². The van der Waals surface area contributed by atoms with E-state index < -0.39 is 5.82 Å². The number of nitrogens with zero attached hydrogens (tertiary/aromatic N) is 7. The third kappa shape index (κ3) is 5.41. The molecule has 0 saturated carbocycles. The molecular weight excluding hydrogens is 538 g/mol. The summed E-state index contributed by atoms with van der Waals surface area (Å²) in [5.41, 5.74) is 5.37.